The van der Waals surface area contributed by atoms with Crippen LogP contribution in [0.5, 0.6) is 0 Å². The van der Waals surface area contributed by atoms with Gasteiger partial charge >= 0.3 is 0 Å². The monoisotopic (exact) mass is 294 g/mol. The highest BCUT2D eigenvalue weighted by atomic mass is 32.2. The first-order chi connectivity index (χ1) is 9.38. The first-order valence-corrected chi connectivity index (χ1v) is 7.48. The molecular formula is C13H11FN2O3S. The largest absolute Gasteiger partial charge is 0.319 e. The van der Waals surface area contributed by atoms with Crippen molar-refractivity contribution in [1.82, 2.24) is 4.98 Å². The minimum atomic E-state index is -3.47. The molecule has 0 saturated carbocycles. The molecule has 5 nitrogen and oxygen atoms in total. The van der Waals surface area contributed by atoms with E-state index in [1.807, 2.05) is 0 Å². The van der Waals surface area contributed by atoms with E-state index >= 15 is 0 Å². The van der Waals surface area contributed by atoms with Crippen LogP contribution in [-0.2, 0) is 9.84 Å². The molecular weight excluding hydrogens is 283 g/mol. The summed E-state index contributed by atoms with van der Waals surface area (Å²) < 4.78 is 36.4. The smallest absolute Gasteiger partial charge is 0.255 e. The average molecular weight is 294 g/mol. The number of nitrogens with one attached hydrogen (secondary N) is 1. The second-order valence-corrected chi connectivity index (χ2v) is 6.12. The van der Waals surface area contributed by atoms with Crippen LogP contribution >= 0.6 is 0 Å². The van der Waals surface area contributed by atoms with Crippen molar-refractivity contribution in [3.8, 4) is 0 Å². The fourth-order valence-corrected chi connectivity index (χ4v) is 2.18. The van der Waals surface area contributed by atoms with E-state index in [0.29, 0.717) is 5.56 Å². The number of benzene rings is 1. The van der Waals surface area contributed by atoms with Crippen LogP contribution in [0.2, 0.25) is 0 Å². The molecule has 0 spiro atoms. The highest BCUT2D eigenvalue weighted by molar-refractivity contribution is 7.90. The fraction of sp³-hybridized carbons (Fsp3) is 0.0769. The Morgan fingerprint density at radius 3 is 2.45 bits per heavy atom. The summed E-state index contributed by atoms with van der Waals surface area (Å²) in [5.74, 6) is -1.25. The van der Waals surface area contributed by atoms with Crippen LogP contribution in [0.4, 0.5) is 10.1 Å². The van der Waals surface area contributed by atoms with Gasteiger partial charge in [-0.05, 0) is 30.3 Å². The van der Waals surface area contributed by atoms with Crippen molar-refractivity contribution in [2.45, 2.75) is 4.90 Å². The fourth-order valence-electron chi connectivity index (χ4n) is 1.53. The molecule has 0 atom stereocenters. The van der Waals surface area contributed by atoms with Gasteiger partial charge in [0.1, 0.15) is 5.82 Å². The van der Waals surface area contributed by atoms with E-state index in [4.69, 9.17) is 0 Å². The zero-order chi connectivity index (χ0) is 14.8. The van der Waals surface area contributed by atoms with Crippen LogP contribution in [-0.4, -0.2) is 25.6 Å². The summed E-state index contributed by atoms with van der Waals surface area (Å²) in [6.07, 6.45) is 3.87. The molecule has 7 heteroatoms. The molecule has 0 aliphatic heterocycles. The van der Waals surface area contributed by atoms with E-state index < -0.39 is 21.6 Å². The van der Waals surface area contributed by atoms with Gasteiger partial charge in [0.2, 0.25) is 0 Å². The van der Waals surface area contributed by atoms with Gasteiger partial charge in [0, 0.05) is 24.2 Å². The standard InChI is InChI=1S/C13H11FN2O3S/c1-20(18,19)10-2-3-11(14)12(8-10)16-13(17)9-4-6-15-7-5-9/h2-8H,1H3,(H,16,17). The number of nitrogens with zero attached hydrogens (tertiary/aromatic N) is 1. The van der Waals surface area contributed by atoms with Gasteiger partial charge in [-0.3, -0.25) is 9.78 Å². The first kappa shape index (κ1) is 14.1. The summed E-state index contributed by atoms with van der Waals surface area (Å²) in [6.45, 7) is 0. The molecule has 0 aliphatic carbocycles. The van der Waals surface area contributed by atoms with Gasteiger partial charge in [-0.15, -0.1) is 0 Å². The van der Waals surface area contributed by atoms with Crippen molar-refractivity contribution >= 4 is 21.4 Å². The third-order valence-corrected chi connectivity index (χ3v) is 3.67. The third-order valence-electron chi connectivity index (χ3n) is 2.56. The van der Waals surface area contributed by atoms with Crippen LogP contribution in [0.1, 0.15) is 10.4 Å². The predicted molar refractivity (Wildman–Crippen MR) is 71.7 cm³/mol. The molecule has 0 radical (unpaired) electrons. The highest BCUT2D eigenvalue weighted by Gasteiger charge is 2.13. The van der Waals surface area contributed by atoms with Crippen LogP contribution in [0.25, 0.3) is 0 Å². The lowest BCUT2D eigenvalue weighted by molar-refractivity contribution is 0.102. The molecule has 1 N–H and O–H groups in total. The maximum absolute atomic E-state index is 13.6. The SMILES string of the molecule is CS(=O)(=O)c1ccc(F)c(NC(=O)c2ccncc2)c1. The number of amides is 1. The van der Waals surface area contributed by atoms with E-state index in [1.54, 1.807) is 0 Å². The molecule has 1 heterocycles. The van der Waals surface area contributed by atoms with Crippen molar-refractivity contribution in [3.63, 3.8) is 0 Å². The Hall–Kier alpha value is -2.28. The van der Waals surface area contributed by atoms with Gasteiger partial charge in [0.05, 0.1) is 10.6 Å². The quantitative estimate of drug-likeness (QED) is 0.877. The molecule has 20 heavy (non-hydrogen) atoms. The average Bonchev–Trinajstić information content (AvgIpc) is 2.41. The predicted octanol–water partition coefficient (Wildman–Crippen LogP) is 1.88. The van der Waals surface area contributed by atoms with Crippen molar-refractivity contribution in [2.75, 3.05) is 11.6 Å². The maximum atomic E-state index is 13.6. The van der Waals surface area contributed by atoms with Crippen LogP contribution < -0.4 is 5.32 Å². The van der Waals surface area contributed by atoms with Crippen molar-refractivity contribution < 1.29 is 17.6 Å². The molecule has 2 aromatic rings. The minimum absolute atomic E-state index is 0.0658. The highest BCUT2D eigenvalue weighted by Crippen LogP contribution is 2.20. The number of carbonyl (C=O) groups is 1. The third kappa shape index (κ3) is 3.18. The van der Waals surface area contributed by atoms with Crippen molar-refractivity contribution in [3.05, 3.63) is 54.1 Å². The summed E-state index contributed by atoms with van der Waals surface area (Å²) in [7, 11) is -3.47. The Labute approximate surface area is 115 Å². The maximum Gasteiger partial charge on any atom is 0.255 e. The topological polar surface area (TPSA) is 76.1 Å². The summed E-state index contributed by atoms with van der Waals surface area (Å²) in [5, 5.41) is 2.33. The molecule has 0 bridgehead atoms. The summed E-state index contributed by atoms with van der Waals surface area (Å²) >= 11 is 0. The number of sulfone groups is 1. The van der Waals surface area contributed by atoms with Gasteiger partial charge in [0.15, 0.2) is 9.84 Å². The van der Waals surface area contributed by atoms with E-state index in [0.717, 1.165) is 24.5 Å². The minimum Gasteiger partial charge on any atom is -0.319 e. The normalized spacial score (nSPS) is 11.1. The number of hydrogen-bond acceptors (Lipinski definition) is 4. The number of halogens is 1. The molecule has 0 fully saturated rings. The molecule has 0 saturated heterocycles. The number of pyridine rings is 1. The number of hydrogen-bond donors (Lipinski definition) is 1. The molecule has 2 rings (SSSR count). The van der Waals surface area contributed by atoms with Gasteiger partial charge in [0.25, 0.3) is 5.91 Å². The van der Waals surface area contributed by atoms with E-state index in [1.165, 1.54) is 24.5 Å². The number of rotatable bonds is 3. The second-order valence-electron chi connectivity index (χ2n) is 4.10. The Morgan fingerprint density at radius 1 is 1.20 bits per heavy atom. The lowest BCUT2D eigenvalue weighted by Crippen LogP contribution is -2.13. The van der Waals surface area contributed by atoms with Gasteiger partial charge in [-0.25, -0.2) is 12.8 Å². The summed E-state index contributed by atoms with van der Waals surface area (Å²) in [4.78, 5) is 15.6. The zero-order valence-corrected chi connectivity index (χ0v) is 11.3. The second kappa shape index (κ2) is 5.38. The summed E-state index contributed by atoms with van der Waals surface area (Å²) in [6, 6.07) is 6.16. The Morgan fingerprint density at radius 2 is 1.85 bits per heavy atom. The number of aromatic nitrogens is 1. The number of anilines is 1. The van der Waals surface area contributed by atoms with Crippen LogP contribution in [0, 0.1) is 5.82 Å². The van der Waals surface area contributed by atoms with Crippen LogP contribution in [0.15, 0.2) is 47.6 Å². The molecule has 0 aliphatic rings. The Kier molecular flexibility index (Phi) is 3.80. The summed E-state index contributed by atoms with van der Waals surface area (Å²) in [5.41, 5.74) is 0.110. The first-order valence-electron chi connectivity index (χ1n) is 5.59. The van der Waals surface area contributed by atoms with Gasteiger partial charge < -0.3 is 5.32 Å². The Balaban J connectivity index is 2.32. The number of carbonyl (C=O) groups excluding carboxylic acids is 1. The van der Waals surface area contributed by atoms with Crippen molar-refractivity contribution in [1.29, 1.82) is 0 Å². The van der Waals surface area contributed by atoms with Gasteiger partial charge in [-0.1, -0.05) is 0 Å². The van der Waals surface area contributed by atoms with Crippen molar-refractivity contribution in [2.24, 2.45) is 0 Å². The van der Waals surface area contributed by atoms with Gasteiger partial charge in [-0.2, -0.15) is 0 Å². The molecule has 104 valence electrons. The lowest BCUT2D eigenvalue weighted by atomic mass is 10.2. The molecule has 1 aromatic carbocycles. The van der Waals surface area contributed by atoms with Crippen LogP contribution in [0.3, 0.4) is 0 Å². The molecule has 1 amide bonds. The lowest BCUT2D eigenvalue weighted by Gasteiger charge is -2.08. The molecule has 0 unspecified atom stereocenters. The molecule has 1 aromatic heterocycles. The zero-order valence-electron chi connectivity index (χ0n) is 10.5. The van der Waals surface area contributed by atoms with E-state index in [2.05, 4.69) is 10.3 Å². The Bertz CT molecular complexity index is 745. The van der Waals surface area contributed by atoms with E-state index in [-0.39, 0.29) is 10.6 Å². The van der Waals surface area contributed by atoms with E-state index in [9.17, 15) is 17.6 Å².